The number of carbonyl (C=O) groups is 2. The minimum atomic E-state index is -1.03. The Morgan fingerprint density at radius 1 is 1.18 bits per heavy atom. The highest BCUT2D eigenvalue weighted by atomic mass is 32.1. The predicted molar refractivity (Wildman–Crippen MR) is 137 cm³/mol. The van der Waals surface area contributed by atoms with Crippen LogP contribution in [0.2, 0.25) is 0 Å². The van der Waals surface area contributed by atoms with Crippen LogP contribution in [0.5, 0.6) is 0 Å². The van der Waals surface area contributed by atoms with Crippen molar-refractivity contribution in [2.75, 3.05) is 18.1 Å². The third-order valence-electron chi connectivity index (χ3n) is 6.08. The molecule has 1 N–H and O–H groups in total. The fourth-order valence-electron chi connectivity index (χ4n) is 4.10. The van der Waals surface area contributed by atoms with Gasteiger partial charge in [-0.15, -0.1) is 11.3 Å². The quantitative estimate of drug-likeness (QED) is 0.482. The average molecular weight is 485 g/mol. The van der Waals surface area contributed by atoms with Gasteiger partial charge in [-0.25, -0.2) is 4.79 Å². The first-order valence-corrected chi connectivity index (χ1v) is 13.0. The zero-order valence-corrected chi connectivity index (χ0v) is 21.2. The summed E-state index contributed by atoms with van der Waals surface area (Å²) in [5, 5.41) is 18.5. The summed E-state index contributed by atoms with van der Waals surface area (Å²) < 4.78 is 5.43. The Labute approximate surface area is 207 Å². The van der Waals surface area contributed by atoms with Crippen molar-refractivity contribution in [1.29, 1.82) is 5.26 Å². The Morgan fingerprint density at radius 2 is 1.85 bits per heavy atom. The number of hydrogen-bond acceptors (Lipinski definition) is 5. The number of aromatic carboxylic acids is 1. The molecule has 1 aliphatic heterocycles. The van der Waals surface area contributed by atoms with Gasteiger partial charge in [-0.2, -0.15) is 5.26 Å². The number of thiophene rings is 1. The Kier molecular flexibility index (Phi) is 11.8. The molecule has 2 aromatic rings. The number of carbonyl (C=O) groups excluding carboxylic acids is 1. The monoisotopic (exact) mass is 484 g/mol. The maximum atomic E-state index is 11.6. The van der Waals surface area contributed by atoms with Gasteiger partial charge in [0.1, 0.15) is 5.00 Å². The summed E-state index contributed by atoms with van der Waals surface area (Å²) in [5.41, 5.74) is 1.10. The van der Waals surface area contributed by atoms with E-state index in [0.717, 1.165) is 42.0 Å². The summed E-state index contributed by atoms with van der Waals surface area (Å²) in [7, 11) is 0. The Hall–Kier alpha value is -2.69. The SMILES string of the molecule is CC.CC1CCC(C#N)CC1.O=CN(c1sc(-c2ccccc2)cc1C(=O)O)C1CCCOC1. The average Bonchev–Trinajstić information content (AvgIpc) is 3.33. The van der Waals surface area contributed by atoms with E-state index in [1.54, 1.807) is 6.07 Å². The van der Waals surface area contributed by atoms with Crippen molar-refractivity contribution in [3.63, 3.8) is 0 Å². The number of nitriles is 1. The molecular formula is C27H36N2O4S. The number of anilines is 1. The zero-order chi connectivity index (χ0) is 24.9. The molecule has 1 aromatic heterocycles. The zero-order valence-electron chi connectivity index (χ0n) is 20.4. The van der Waals surface area contributed by atoms with Crippen molar-refractivity contribution >= 4 is 28.7 Å². The van der Waals surface area contributed by atoms with E-state index in [0.29, 0.717) is 30.5 Å². The largest absolute Gasteiger partial charge is 0.478 e. The molecule has 1 aliphatic carbocycles. The first kappa shape index (κ1) is 27.6. The number of nitrogens with zero attached hydrogens (tertiary/aromatic N) is 2. The van der Waals surface area contributed by atoms with E-state index in [9.17, 15) is 14.7 Å². The highest BCUT2D eigenvalue weighted by Gasteiger charge is 2.28. The second-order valence-electron chi connectivity index (χ2n) is 8.47. The van der Waals surface area contributed by atoms with Gasteiger partial charge in [-0.1, -0.05) is 51.1 Å². The van der Waals surface area contributed by atoms with Gasteiger partial charge in [-0.3, -0.25) is 4.79 Å². The molecule has 0 spiro atoms. The lowest BCUT2D eigenvalue weighted by Gasteiger charge is -2.30. The van der Waals surface area contributed by atoms with Crippen molar-refractivity contribution < 1.29 is 19.4 Å². The van der Waals surface area contributed by atoms with Crippen LogP contribution in [0.3, 0.4) is 0 Å². The third kappa shape index (κ3) is 7.68. The molecule has 34 heavy (non-hydrogen) atoms. The number of ether oxygens (including phenoxy) is 1. The van der Waals surface area contributed by atoms with E-state index >= 15 is 0 Å². The highest BCUT2D eigenvalue weighted by molar-refractivity contribution is 7.20. The van der Waals surface area contributed by atoms with Crippen molar-refractivity contribution in [3.8, 4) is 16.5 Å². The van der Waals surface area contributed by atoms with Crippen molar-refractivity contribution in [3.05, 3.63) is 42.0 Å². The number of hydrogen-bond donors (Lipinski definition) is 1. The first-order valence-electron chi connectivity index (χ1n) is 12.2. The van der Waals surface area contributed by atoms with E-state index < -0.39 is 5.97 Å². The van der Waals surface area contributed by atoms with Crippen molar-refractivity contribution in [2.24, 2.45) is 11.8 Å². The molecule has 6 nitrogen and oxygen atoms in total. The number of carboxylic acid groups (broad SMARTS) is 1. The van der Waals surface area contributed by atoms with Gasteiger partial charge in [0, 0.05) is 17.4 Å². The van der Waals surface area contributed by atoms with Gasteiger partial charge in [-0.05, 0) is 56.1 Å². The van der Waals surface area contributed by atoms with Gasteiger partial charge in [0.2, 0.25) is 6.41 Å². The lowest BCUT2D eigenvalue weighted by molar-refractivity contribution is -0.108. The van der Waals surface area contributed by atoms with Gasteiger partial charge < -0.3 is 14.7 Å². The Balaban J connectivity index is 0.000000311. The second-order valence-corrected chi connectivity index (χ2v) is 9.50. The van der Waals surface area contributed by atoms with E-state index in [-0.39, 0.29) is 11.6 Å². The van der Waals surface area contributed by atoms with E-state index in [4.69, 9.17) is 10.00 Å². The van der Waals surface area contributed by atoms with Crippen LogP contribution in [0.1, 0.15) is 69.7 Å². The standard InChI is InChI=1S/C17H17NO4S.C8H13N.C2H6/c19-11-18(13-7-4-8-22-10-13)16-14(17(20)21)9-15(23-16)12-5-2-1-3-6-12;1-7-2-4-8(6-9)5-3-7;1-2/h1-3,5-6,9,11,13H,4,7-8,10H2,(H,20,21);7-8H,2-5H2,1H3;1-2H3. The molecule has 7 heteroatoms. The van der Waals surface area contributed by atoms with E-state index in [1.807, 2.05) is 44.2 Å². The summed E-state index contributed by atoms with van der Waals surface area (Å²) in [4.78, 5) is 25.6. The van der Waals surface area contributed by atoms with Gasteiger partial charge in [0.05, 0.1) is 24.3 Å². The fourth-order valence-corrected chi connectivity index (χ4v) is 5.30. The molecular weight excluding hydrogens is 448 g/mol. The van der Waals surface area contributed by atoms with Crippen LogP contribution in [0.4, 0.5) is 5.00 Å². The predicted octanol–water partition coefficient (Wildman–Crippen LogP) is 6.62. The molecule has 1 aromatic carbocycles. The molecule has 1 atom stereocenters. The summed E-state index contributed by atoms with van der Waals surface area (Å²) >= 11 is 1.33. The fraction of sp³-hybridized carbons (Fsp3) is 0.519. The van der Waals surface area contributed by atoms with Crippen LogP contribution in [0.25, 0.3) is 10.4 Å². The van der Waals surface area contributed by atoms with Crippen molar-refractivity contribution in [2.45, 2.75) is 65.3 Å². The molecule has 2 fully saturated rings. The summed E-state index contributed by atoms with van der Waals surface area (Å²) in [6, 6.07) is 13.4. The smallest absolute Gasteiger partial charge is 0.338 e. The van der Waals surface area contributed by atoms with Crippen LogP contribution in [0.15, 0.2) is 36.4 Å². The molecule has 2 aliphatic rings. The lowest BCUT2D eigenvalue weighted by Crippen LogP contribution is -2.40. The highest BCUT2D eigenvalue weighted by Crippen LogP contribution is 2.39. The third-order valence-corrected chi connectivity index (χ3v) is 7.27. The maximum Gasteiger partial charge on any atom is 0.338 e. The van der Waals surface area contributed by atoms with Crippen molar-refractivity contribution in [1.82, 2.24) is 0 Å². The molecule has 184 valence electrons. The summed E-state index contributed by atoms with van der Waals surface area (Å²) in [6.07, 6.45) is 7.20. The minimum Gasteiger partial charge on any atom is -0.478 e. The van der Waals surface area contributed by atoms with Crippen LogP contribution in [0, 0.1) is 23.2 Å². The molecule has 0 bridgehead atoms. The Morgan fingerprint density at radius 3 is 2.38 bits per heavy atom. The summed E-state index contributed by atoms with van der Waals surface area (Å²) in [6.45, 7) is 7.40. The molecule has 2 heterocycles. The van der Waals surface area contributed by atoms with E-state index in [2.05, 4.69) is 13.0 Å². The molecule has 1 saturated heterocycles. The van der Waals surface area contributed by atoms with Crippen LogP contribution in [-0.4, -0.2) is 36.7 Å². The molecule has 1 amide bonds. The number of amides is 1. The number of rotatable bonds is 5. The van der Waals surface area contributed by atoms with Crippen LogP contribution < -0.4 is 4.90 Å². The maximum absolute atomic E-state index is 11.6. The van der Waals surface area contributed by atoms with Gasteiger partial charge in [0.15, 0.2) is 0 Å². The molecule has 0 radical (unpaired) electrons. The molecule has 1 saturated carbocycles. The van der Waals surface area contributed by atoms with Gasteiger partial charge in [0.25, 0.3) is 0 Å². The van der Waals surface area contributed by atoms with Crippen LogP contribution >= 0.6 is 11.3 Å². The van der Waals surface area contributed by atoms with E-state index in [1.165, 1.54) is 29.1 Å². The normalized spacial score (nSPS) is 21.5. The number of benzene rings is 1. The van der Waals surface area contributed by atoms with Crippen LogP contribution in [-0.2, 0) is 9.53 Å². The molecule has 4 rings (SSSR count). The number of carboxylic acids is 1. The second kappa shape index (κ2) is 14.5. The summed E-state index contributed by atoms with van der Waals surface area (Å²) in [5.74, 6) is 0.220. The first-order chi connectivity index (χ1) is 16.5. The lowest BCUT2D eigenvalue weighted by atomic mass is 9.84. The molecule has 1 unspecified atom stereocenters. The van der Waals surface area contributed by atoms with Gasteiger partial charge >= 0.3 is 5.97 Å². The Bertz CT molecular complexity index is 924. The minimum absolute atomic E-state index is 0.110. The topological polar surface area (TPSA) is 90.6 Å².